The van der Waals surface area contributed by atoms with E-state index in [1.807, 2.05) is 0 Å². The van der Waals surface area contributed by atoms with Crippen molar-refractivity contribution < 1.29 is 18.7 Å². The van der Waals surface area contributed by atoms with E-state index in [4.69, 9.17) is 5.73 Å². The Morgan fingerprint density at radius 3 is 2.76 bits per heavy atom. The third kappa shape index (κ3) is 5.02. The summed E-state index contributed by atoms with van der Waals surface area (Å²) >= 11 is 0. The quantitative estimate of drug-likeness (QED) is 0.368. The van der Waals surface area contributed by atoms with E-state index in [2.05, 4.69) is 45.3 Å². The van der Waals surface area contributed by atoms with Gasteiger partial charge in [0.1, 0.15) is 17.2 Å². The number of hydrogen-bond acceptors (Lipinski definition) is 10. The van der Waals surface area contributed by atoms with Crippen LogP contribution in [0, 0.1) is 0 Å². The normalized spacial score (nSPS) is 13.9. The molecule has 0 aliphatic heterocycles. The van der Waals surface area contributed by atoms with E-state index in [9.17, 15) is 14.0 Å². The molecule has 5 N–H and O–H groups in total. The molecule has 3 aromatic heterocycles. The first-order valence-electron chi connectivity index (χ1n) is 10.2. The molecule has 1 fully saturated rings. The van der Waals surface area contributed by atoms with E-state index < -0.39 is 17.8 Å². The number of methoxy groups -OCH3 is 1. The molecule has 1 amide bonds. The average molecular weight is 455 g/mol. The number of aromatic amines is 1. The summed E-state index contributed by atoms with van der Waals surface area (Å²) in [5.41, 5.74) is 6.60. The number of anilines is 2. The summed E-state index contributed by atoms with van der Waals surface area (Å²) in [5, 5.41) is 5.69. The summed E-state index contributed by atoms with van der Waals surface area (Å²) in [6.07, 6.45) is 4.35. The number of rotatable bonds is 8. The van der Waals surface area contributed by atoms with Crippen LogP contribution in [0.15, 0.2) is 18.5 Å². The van der Waals surface area contributed by atoms with Crippen molar-refractivity contribution in [2.45, 2.75) is 31.7 Å². The SMILES string of the molecule is COC(=O)N[C@@H](C)CNc1nccc(-c2[nH]c(C3CC3)nc2-c2cnc(N)c(C(=O)F)n2)n1. The van der Waals surface area contributed by atoms with E-state index >= 15 is 0 Å². The van der Waals surface area contributed by atoms with Crippen molar-refractivity contribution >= 4 is 23.9 Å². The van der Waals surface area contributed by atoms with Crippen molar-refractivity contribution in [2.75, 3.05) is 24.7 Å². The highest BCUT2D eigenvalue weighted by atomic mass is 19.1. The predicted molar refractivity (Wildman–Crippen MR) is 116 cm³/mol. The number of halogens is 1. The fraction of sp³-hybridized carbons (Fsp3) is 0.350. The van der Waals surface area contributed by atoms with Crippen molar-refractivity contribution in [2.24, 2.45) is 0 Å². The lowest BCUT2D eigenvalue weighted by Gasteiger charge is -2.14. The molecule has 0 unspecified atom stereocenters. The fourth-order valence-electron chi connectivity index (χ4n) is 3.11. The summed E-state index contributed by atoms with van der Waals surface area (Å²) in [5.74, 6) is 1.05. The number of alkyl carbamates (subject to hydrolysis) is 1. The molecule has 33 heavy (non-hydrogen) atoms. The Bertz CT molecular complexity index is 1200. The molecule has 3 aromatic rings. The number of amides is 1. The van der Waals surface area contributed by atoms with Crippen molar-refractivity contribution in [1.29, 1.82) is 0 Å². The van der Waals surface area contributed by atoms with Gasteiger partial charge < -0.3 is 26.1 Å². The van der Waals surface area contributed by atoms with Gasteiger partial charge in [-0.15, -0.1) is 0 Å². The van der Waals surface area contributed by atoms with Gasteiger partial charge in [-0.3, -0.25) is 4.79 Å². The summed E-state index contributed by atoms with van der Waals surface area (Å²) in [4.78, 5) is 47.1. The minimum atomic E-state index is -1.77. The molecule has 0 spiro atoms. The molecule has 0 aromatic carbocycles. The number of nitrogen functional groups attached to an aromatic ring is 1. The van der Waals surface area contributed by atoms with Crippen LogP contribution in [0.2, 0.25) is 0 Å². The number of aromatic nitrogens is 6. The van der Waals surface area contributed by atoms with Crippen LogP contribution >= 0.6 is 0 Å². The highest BCUT2D eigenvalue weighted by molar-refractivity contribution is 5.91. The fourth-order valence-corrected chi connectivity index (χ4v) is 3.11. The number of nitrogens with one attached hydrogen (secondary N) is 3. The van der Waals surface area contributed by atoms with Crippen LogP contribution in [0.25, 0.3) is 22.8 Å². The lowest BCUT2D eigenvalue weighted by atomic mass is 10.2. The zero-order valence-corrected chi connectivity index (χ0v) is 17.9. The molecule has 13 heteroatoms. The first kappa shape index (κ1) is 22.0. The molecule has 172 valence electrons. The van der Waals surface area contributed by atoms with E-state index in [1.165, 1.54) is 13.3 Å². The van der Waals surface area contributed by atoms with Crippen LogP contribution in [-0.4, -0.2) is 61.7 Å². The molecular formula is C20H22FN9O3. The van der Waals surface area contributed by atoms with E-state index in [1.54, 1.807) is 19.2 Å². The van der Waals surface area contributed by atoms with Gasteiger partial charge in [-0.05, 0) is 25.8 Å². The van der Waals surface area contributed by atoms with Gasteiger partial charge in [0.25, 0.3) is 0 Å². The Labute approximate surface area is 187 Å². The van der Waals surface area contributed by atoms with E-state index in [0.29, 0.717) is 29.6 Å². The van der Waals surface area contributed by atoms with Gasteiger partial charge in [-0.1, -0.05) is 0 Å². The maximum absolute atomic E-state index is 13.3. The number of hydrogen-bond donors (Lipinski definition) is 4. The molecule has 4 rings (SSSR count). The maximum atomic E-state index is 13.3. The lowest BCUT2D eigenvalue weighted by Crippen LogP contribution is -2.37. The average Bonchev–Trinajstić information content (AvgIpc) is 3.56. The molecular weight excluding hydrogens is 433 g/mol. The molecule has 1 saturated carbocycles. The zero-order chi connectivity index (χ0) is 23.5. The van der Waals surface area contributed by atoms with Gasteiger partial charge in [-0.2, -0.15) is 4.39 Å². The molecule has 12 nitrogen and oxygen atoms in total. The Kier molecular flexibility index (Phi) is 6.11. The largest absolute Gasteiger partial charge is 0.453 e. The van der Waals surface area contributed by atoms with E-state index in [0.717, 1.165) is 18.7 Å². The van der Waals surface area contributed by atoms with Crippen LogP contribution in [0.3, 0.4) is 0 Å². The summed E-state index contributed by atoms with van der Waals surface area (Å²) in [7, 11) is 1.29. The molecule has 3 heterocycles. The Morgan fingerprint density at radius 2 is 2.06 bits per heavy atom. The molecule has 0 bridgehead atoms. The van der Waals surface area contributed by atoms with Crippen LogP contribution < -0.4 is 16.4 Å². The van der Waals surface area contributed by atoms with Gasteiger partial charge in [0.15, 0.2) is 11.5 Å². The van der Waals surface area contributed by atoms with Gasteiger partial charge in [0.2, 0.25) is 5.95 Å². The van der Waals surface area contributed by atoms with Crippen LogP contribution in [0.4, 0.5) is 21.0 Å². The monoisotopic (exact) mass is 455 g/mol. The molecule has 1 atom stereocenters. The summed E-state index contributed by atoms with van der Waals surface area (Å²) in [6, 6.07) is -0.332. The number of carbonyl (C=O) groups excluding carboxylic acids is 2. The van der Waals surface area contributed by atoms with Gasteiger partial charge in [0.05, 0.1) is 24.7 Å². The topological polar surface area (TPSA) is 174 Å². The van der Waals surface area contributed by atoms with Crippen molar-refractivity contribution in [1.82, 2.24) is 35.2 Å². The third-order valence-electron chi connectivity index (χ3n) is 4.94. The van der Waals surface area contributed by atoms with Crippen molar-refractivity contribution in [3.8, 4) is 22.8 Å². The van der Waals surface area contributed by atoms with Gasteiger partial charge in [-0.25, -0.2) is 29.7 Å². The van der Waals surface area contributed by atoms with Crippen molar-refractivity contribution in [3.63, 3.8) is 0 Å². The first-order valence-corrected chi connectivity index (χ1v) is 10.2. The molecule has 0 radical (unpaired) electrons. The number of imidazole rings is 1. The Hall–Kier alpha value is -4.16. The van der Waals surface area contributed by atoms with Crippen LogP contribution in [0.5, 0.6) is 0 Å². The smallest absolute Gasteiger partial charge is 0.407 e. The first-order chi connectivity index (χ1) is 15.9. The van der Waals surface area contributed by atoms with Crippen molar-refractivity contribution in [3.05, 3.63) is 30.0 Å². The van der Waals surface area contributed by atoms with Crippen LogP contribution in [-0.2, 0) is 4.74 Å². The minimum absolute atomic E-state index is 0.187. The molecule has 1 aliphatic carbocycles. The number of nitrogens with zero attached hydrogens (tertiary/aromatic N) is 5. The minimum Gasteiger partial charge on any atom is -0.453 e. The molecule has 0 saturated heterocycles. The second kappa shape index (κ2) is 9.14. The summed E-state index contributed by atoms with van der Waals surface area (Å²) < 4.78 is 17.9. The highest BCUT2D eigenvalue weighted by Gasteiger charge is 2.30. The second-order valence-corrected chi connectivity index (χ2v) is 7.57. The number of carbonyl (C=O) groups is 2. The standard InChI is InChI=1S/C20H22FN9O3/c1-9(26-20(32)33-2)7-25-19-23-6-5-11(28-19)13-14(30-18(29-13)10-3-4-10)12-8-24-17(22)15(27-12)16(21)31/h5-6,8-10H,3-4,7H2,1-2H3,(H2,22,24)(H,26,32)(H,29,30)(H,23,25,28)/t9-/m0/s1. The van der Waals surface area contributed by atoms with E-state index in [-0.39, 0.29) is 23.5 Å². The lowest BCUT2D eigenvalue weighted by molar-refractivity contribution is 0.0831. The predicted octanol–water partition coefficient (Wildman–Crippen LogP) is 2.05. The zero-order valence-electron chi connectivity index (χ0n) is 17.9. The third-order valence-corrected chi connectivity index (χ3v) is 4.94. The number of nitrogens with two attached hydrogens (primary N) is 1. The maximum Gasteiger partial charge on any atom is 0.407 e. The Morgan fingerprint density at radius 1 is 1.27 bits per heavy atom. The summed E-state index contributed by atoms with van der Waals surface area (Å²) in [6.45, 7) is 2.15. The van der Waals surface area contributed by atoms with Gasteiger partial charge >= 0.3 is 12.1 Å². The number of H-pyrrole nitrogens is 1. The number of ether oxygens (including phenoxy) is 1. The van der Waals surface area contributed by atoms with Crippen LogP contribution in [0.1, 0.15) is 42.0 Å². The van der Waals surface area contributed by atoms with Gasteiger partial charge in [0, 0.05) is 24.7 Å². The highest BCUT2D eigenvalue weighted by Crippen LogP contribution is 2.41. The molecule has 1 aliphatic rings. The second-order valence-electron chi connectivity index (χ2n) is 7.57. The Balaban J connectivity index is 1.64.